The van der Waals surface area contributed by atoms with Gasteiger partial charge in [-0.3, -0.25) is 0 Å². The predicted molar refractivity (Wildman–Crippen MR) is 99.6 cm³/mol. The van der Waals surface area contributed by atoms with E-state index in [1.54, 1.807) is 47.2 Å². The van der Waals surface area contributed by atoms with Crippen LogP contribution in [0.1, 0.15) is 16.7 Å². The highest BCUT2D eigenvalue weighted by Crippen LogP contribution is 2.22. The number of hydrogen-bond donors (Lipinski definition) is 1. The van der Waals surface area contributed by atoms with Crippen LogP contribution in [0.3, 0.4) is 0 Å². The maximum absolute atomic E-state index is 9.85. The molecule has 1 heterocycles. The van der Waals surface area contributed by atoms with Crippen molar-refractivity contribution in [2.45, 2.75) is 17.8 Å². The third-order valence-electron chi connectivity index (χ3n) is 3.30. The summed E-state index contributed by atoms with van der Waals surface area (Å²) in [5.41, 5.74) is 3.08. The standard InChI is InChI=1S/C17H15BrN4OS/c1-12-2-4-13(5-3-12)10-24-17-21-19-11-22(17)20-9-14-8-15(18)6-7-16(14)23/h2-9,11,23H,10H2,1H3. The van der Waals surface area contributed by atoms with Crippen LogP contribution in [0.25, 0.3) is 0 Å². The van der Waals surface area contributed by atoms with E-state index in [-0.39, 0.29) is 5.75 Å². The molecular formula is C17H15BrN4OS. The molecule has 0 amide bonds. The average Bonchev–Trinajstić information content (AvgIpc) is 3.02. The molecule has 3 aromatic rings. The molecule has 7 heteroatoms. The van der Waals surface area contributed by atoms with Crippen molar-refractivity contribution in [1.82, 2.24) is 14.9 Å². The quantitative estimate of drug-likeness (QED) is 0.512. The van der Waals surface area contributed by atoms with Crippen molar-refractivity contribution < 1.29 is 5.11 Å². The maximum Gasteiger partial charge on any atom is 0.212 e. The van der Waals surface area contributed by atoms with Gasteiger partial charge in [-0.15, -0.1) is 10.2 Å². The van der Waals surface area contributed by atoms with E-state index in [0.717, 1.165) is 10.2 Å². The van der Waals surface area contributed by atoms with Crippen LogP contribution in [0.5, 0.6) is 5.75 Å². The summed E-state index contributed by atoms with van der Waals surface area (Å²) in [6.07, 6.45) is 3.13. The van der Waals surface area contributed by atoms with Crippen LogP contribution in [0, 0.1) is 6.92 Å². The highest BCUT2D eigenvalue weighted by Gasteiger charge is 2.05. The smallest absolute Gasteiger partial charge is 0.212 e. The lowest BCUT2D eigenvalue weighted by atomic mass is 10.2. The monoisotopic (exact) mass is 402 g/mol. The Morgan fingerprint density at radius 3 is 2.83 bits per heavy atom. The van der Waals surface area contributed by atoms with E-state index in [4.69, 9.17) is 0 Å². The van der Waals surface area contributed by atoms with Gasteiger partial charge >= 0.3 is 0 Å². The van der Waals surface area contributed by atoms with Gasteiger partial charge in [0.05, 0.1) is 6.21 Å². The Morgan fingerprint density at radius 2 is 2.04 bits per heavy atom. The van der Waals surface area contributed by atoms with Gasteiger partial charge in [0.25, 0.3) is 0 Å². The molecule has 1 aromatic heterocycles. The van der Waals surface area contributed by atoms with Gasteiger partial charge in [-0.25, -0.2) is 0 Å². The number of nitrogens with zero attached hydrogens (tertiary/aromatic N) is 4. The lowest BCUT2D eigenvalue weighted by molar-refractivity contribution is 0.474. The summed E-state index contributed by atoms with van der Waals surface area (Å²) in [5, 5.41) is 22.9. The van der Waals surface area contributed by atoms with E-state index in [9.17, 15) is 5.11 Å². The van der Waals surface area contributed by atoms with Gasteiger partial charge in [0, 0.05) is 15.8 Å². The normalized spacial score (nSPS) is 11.2. The summed E-state index contributed by atoms with van der Waals surface area (Å²) in [7, 11) is 0. The van der Waals surface area contributed by atoms with Crippen molar-refractivity contribution in [3.63, 3.8) is 0 Å². The average molecular weight is 403 g/mol. The first-order valence-electron chi connectivity index (χ1n) is 7.23. The summed E-state index contributed by atoms with van der Waals surface area (Å²) in [6.45, 7) is 2.07. The first-order chi connectivity index (χ1) is 11.6. The van der Waals surface area contributed by atoms with E-state index in [2.05, 4.69) is 62.4 Å². The second kappa shape index (κ2) is 7.63. The summed E-state index contributed by atoms with van der Waals surface area (Å²) in [5.74, 6) is 0.959. The van der Waals surface area contributed by atoms with Crippen LogP contribution in [-0.4, -0.2) is 26.2 Å². The molecule has 0 aliphatic rings. The molecule has 2 aromatic carbocycles. The lowest BCUT2D eigenvalue weighted by Gasteiger charge is -2.03. The molecule has 0 bridgehead atoms. The van der Waals surface area contributed by atoms with Gasteiger partial charge in [0.15, 0.2) is 0 Å². The van der Waals surface area contributed by atoms with E-state index in [0.29, 0.717) is 10.7 Å². The van der Waals surface area contributed by atoms with E-state index in [1.807, 2.05) is 0 Å². The SMILES string of the molecule is Cc1ccc(CSc2nncn2N=Cc2cc(Br)ccc2O)cc1. The molecule has 0 atom stereocenters. The lowest BCUT2D eigenvalue weighted by Crippen LogP contribution is -1.93. The summed E-state index contributed by atoms with van der Waals surface area (Å²) >= 11 is 4.94. The topological polar surface area (TPSA) is 63.3 Å². The van der Waals surface area contributed by atoms with Gasteiger partial charge in [0.2, 0.25) is 5.16 Å². The number of phenols is 1. The highest BCUT2D eigenvalue weighted by molar-refractivity contribution is 9.10. The zero-order chi connectivity index (χ0) is 16.9. The summed E-state index contributed by atoms with van der Waals surface area (Å²) in [6, 6.07) is 13.6. The second-order valence-electron chi connectivity index (χ2n) is 5.18. The van der Waals surface area contributed by atoms with Crippen LogP contribution in [0.4, 0.5) is 0 Å². The highest BCUT2D eigenvalue weighted by atomic mass is 79.9. The number of hydrogen-bond acceptors (Lipinski definition) is 5. The fourth-order valence-corrected chi connectivity index (χ4v) is 3.18. The third kappa shape index (κ3) is 4.24. The van der Waals surface area contributed by atoms with Crippen LogP contribution < -0.4 is 0 Å². The largest absolute Gasteiger partial charge is 0.507 e. The molecule has 0 aliphatic carbocycles. The number of phenolic OH excluding ortho intramolecular Hbond substituents is 1. The van der Waals surface area contributed by atoms with Gasteiger partial charge < -0.3 is 5.11 Å². The molecule has 122 valence electrons. The van der Waals surface area contributed by atoms with Crippen LogP contribution in [0.15, 0.2) is 63.5 Å². The molecule has 3 rings (SSSR count). The molecule has 0 aliphatic heterocycles. The van der Waals surface area contributed by atoms with Gasteiger partial charge in [-0.05, 0) is 30.7 Å². The minimum atomic E-state index is 0.170. The van der Waals surface area contributed by atoms with Gasteiger partial charge in [-0.1, -0.05) is 57.5 Å². The Balaban J connectivity index is 1.72. The van der Waals surface area contributed by atoms with Gasteiger partial charge in [-0.2, -0.15) is 9.78 Å². The van der Waals surface area contributed by atoms with E-state index in [1.165, 1.54) is 11.1 Å². The molecule has 0 radical (unpaired) electrons. The number of benzene rings is 2. The fraction of sp³-hybridized carbons (Fsp3) is 0.118. The minimum absolute atomic E-state index is 0.170. The Kier molecular flexibility index (Phi) is 5.32. The molecular weight excluding hydrogens is 388 g/mol. The number of aromatic nitrogens is 3. The van der Waals surface area contributed by atoms with Gasteiger partial charge in [0.1, 0.15) is 12.1 Å². The molecule has 0 fully saturated rings. The fourth-order valence-electron chi connectivity index (χ4n) is 1.98. The zero-order valence-electron chi connectivity index (χ0n) is 12.9. The Labute approximate surface area is 152 Å². The van der Waals surface area contributed by atoms with Crippen LogP contribution in [0.2, 0.25) is 0 Å². The maximum atomic E-state index is 9.85. The second-order valence-corrected chi connectivity index (χ2v) is 7.04. The van der Waals surface area contributed by atoms with Crippen molar-refractivity contribution in [3.05, 3.63) is 70.0 Å². The Bertz CT molecular complexity index is 861. The molecule has 0 saturated carbocycles. The number of aryl methyl sites for hydroxylation is 1. The minimum Gasteiger partial charge on any atom is -0.507 e. The van der Waals surface area contributed by atoms with E-state index < -0.39 is 0 Å². The molecule has 0 saturated heterocycles. The molecule has 24 heavy (non-hydrogen) atoms. The first kappa shape index (κ1) is 16.7. The van der Waals surface area contributed by atoms with Crippen molar-refractivity contribution >= 4 is 33.9 Å². The van der Waals surface area contributed by atoms with Crippen LogP contribution >= 0.6 is 27.7 Å². The predicted octanol–water partition coefficient (Wildman–Crippen LogP) is 4.23. The summed E-state index contributed by atoms with van der Waals surface area (Å²) < 4.78 is 2.47. The Morgan fingerprint density at radius 1 is 1.25 bits per heavy atom. The molecule has 0 spiro atoms. The number of halogens is 1. The number of rotatable bonds is 5. The molecule has 0 unspecified atom stereocenters. The summed E-state index contributed by atoms with van der Waals surface area (Å²) in [4.78, 5) is 0. The van der Waals surface area contributed by atoms with Crippen LogP contribution in [-0.2, 0) is 5.75 Å². The molecule has 1 N–H and O–H groups in total. The molecule has 5 nitrogen and oxygen atoms in total. The van der Waals surface area contributed by atoms with Crippen molar-refractivity contribution in [2.24, 2.45) is 5.10 Å². The van der Waals surface area contributed by atoms with Crippen molar-refractivity contribution in [2.75, 3.05) is 0 Å². The first-order valence-corrected chi connectivity index (χ1v) is 9.01. The third-order valence-corrected chi connectivity index (χ3v) is 4.80. The number of aromatic hydroxyl groups is 1. The van der Waals surface area contributed by atoms with Crippen molar-refractivity contribution in [3.8, 4) is 5.75 Å². The zero-order valence-corrected chi connectivity index (χ0v) is 15.3. The van der Waals surface area contributed by atoms with Crippen molar-refractivity contribution in [1.29, 1.82) is 0 Å². The Hall–Kier alpha value is -2.12. The van der Waals surface area contributed by atoms with E-state index >= 15 is 0 Å². The number of thioether (sulfide) groups is 1.